The van der Waals surface area contributed by atoms with E-state index in [-0.39, 0.29) is 17.8 Å². The maximum Gasteiger partial charge on any atom is 0.236 e. The molecular formula is C20H28ClFN4O2. The van der Waals surface area contributed by atoms with E-state index in [1.165, 1.54) is 12.3 Å². The van der Waals surface area contributed by atoms with E-state index in [4.69, 9.17) is 16.3 Å². The van der Waals surface area contributed by atoms with Crippen molar-refractivity contribution in [2.45, 2.75) is 25.3 Å². The quantitative estimate of drug-likeness (QED) is 0.762. The van der Waals surface area contributed by atoms with Crippen LogP contribution >= 0.6 is 11.6 Å². The van der Waals surface area contributed by atoms with Crippen molar-refractivity contribution >= 4 is 23.3 Å². The Hall–Kier alpha value is -1.44. The lowest BCUT2D eigenvalue weighted by atomic mass is 9.89. The number of carbonyl (C=O) groups excluding carboxylic acids is 1. The van der Waals surface area contributed by atoms with Crippen molar-refractivity contribution in [3.8, 4) is 0 Å². The minimum Gasteiger partial charge on any atom is -0.379 e. The highest BCUT2D eigenvalue weighted by molar-refractivity contribution is 6.30. The Morgan fingerprint density at radius 1 is 1.32 bits per heavy atom. The minimum absolute atomic E-state index is 0.188. The van der Waals surface area contributed by atoms with Crippen molar-refractivity contribution < 1.29 is 13.9 Å². The molecule has 2 saturated heterocycles. The molecule has 0 N–H and O–H groups in total. The van der Waals surface area contributed by atoms with E-state index < -0.39 is 0 Å². The number of morpholine rings is 1. The fourth-order valence-electron chi connectivity index (χ4n) is 4.87. The Bertz CT molecular complexity index is 715. The summed E-state index contributed by atoms with van der Waals surface area (Å²) in [6.45, 7) is 5.11. The van der Waals surface area contributed by atoms with E-state index in [0.717, 1.165) is 45.4 Å². The minimum atomic E-state index is -0.363. The summed E-state index contributed by atoms with van der Waals surface area (Å²) in [7, 11) is 1.93. The number of hydrogen-bond donors (Lipinski definition) is 0. The first-order chi connectivity index (χ1) is 13.5. The maximum absolute atomic E-state index is 14.3. The number of ether oxygens (including phenoxy) is 1. The van der Waals surface area contributed by atoms with E-state index in [1.807, 2.05) is 16.8 Å². The van der Waals surface area contributed by atoms with Crippen molar-refractivity contribution in [2.24, 2.45) is 11.8 Å². The molecule has 3 fully saturated rings. The topological polar surface area (TPSA) is 48.9 Å². The summed E-state index contributed by atoms with van der Waals surface area (Å²) in [4.78, 5) is 23.1. The van der Waals surface area contributed by atoms with Crippen molar-refractivity contribution in [2.75, 3.05) is 57.9 Å². The summed E-state index contributed by atoms with van der Waals surface area (Å²) in [6, 6.07) is 1.59. The molecule has 28 heavy (non-hydrogen) atoms. The zero-order chi connectivity index (χ0) is 19.7. The van der Waals surface area contributed by atoms with Gasteiger partial charge >= 0.3 is 0 Å². The molecule has 6 nitrogen and oxygen atoms in total. The second kappa shape index (κ2) is 8.51. The number of halogens is 2. The number of likely N-dealkylation sites (N-methyl/N-ethyl adjacent to an activating group) is 1. The van der Waals surface area contributed by atoms with Crippen LogP contribution in [0.25, 0.3) is 0 Å². The smallest absolute Gasteiger partial charge is 0.236 e. The Morgan fingerprint density at radius 2 is 2.07 bits per heavy atom. The molecule has 1 aliphatic carbocycles. The number of hydrogen-bond acceptors (Lipinski definition) is 5. The van der Waals surface area contributed by atoms with Gasteiger partial charge in [-0.15, -0.1) is 0 Å². The molecule has 0 bridgehead atoms. The third kappa shape index (κ3) is 4.26. The highest BCUT2D eigenvalue weighted by atomic mass is 35.5. The van der Waals surface area contributed by atoms with Gasteiger partial charge in [0.1, 0.15) is 0 Å². The van der Waals surface area contributed by atoms with Crippen LogP contribution in [0, 0.1) is 17.7 Å². The number of anilines is 1. The first kappa shape index (κ1) is 19.9. The summed E-state index contributed by atoms with van der Waals surface area (Å²) < 4.78 is 19.6. The van der Waals surface area contributed by atoms with Gasteiger partial charge in [0.25, 0.3) is 0 Å². The number of aromatic nitrogens is 1. The number of carbonyl (C=O) groups is 1. The number of pyridine rings is 1. The van der Waals surface area contributed by atoms with Crippen LogP contribution in [0.1, 0.15) is 19.3 Å². The summed E-state index contributed by atoms with van der Waals surface area (Å²) in [5.74, 6) is 1.28. The molecule has 0 radical (unpaired) electrons. The largest absolute Gasteiger partial charge is 0.379 e. The first-order valence-electron chi connectivity index (χ1n) is 10.1. The molecule has 4 rings (SSSR count). The standard InChI is InChI=1S/C20H28ClFN4O2/c1-24(19(27)13-25-4-6-28-7-5-25)17-8-14-2-3-26(12-15(14)9-17)20-18(22)10-16(21)11-23-20/h10-11,14-15,17H,2-9,12-13H2,1H3/t14-,15-,17+/m1/s1. The molecule has 3 aliphatic rings. The zero-order valence-corrected chi connectivity index (χ0v) is 17.1. The van der Waals surface area contributed by atoms with Crippen LogP contribution in [0.4, 0.5) is 10.2 Å². The van der Waals surface area contributed by atoms with Crippen LogP contribution in [0.2, 0.25) is 5.02 Å². The van der Waals surface area contributed by atoms with Crippen molar-refractivity contribution in [1.29, 1.82) is 0 Å². The Morgan fingerprint density at radius 3 is 2.82 bits per heavy atom. The van der Waals surface area contributed by atoms with E-state index in [2.05, 4.69) is 9.88 Å². The summed E-state index contributed by atoms with van der Waals surface area (Å²) in [6.07, 6.45) is 4.53. The molecule has 3 atom stereocenters. The Labute approximate surface area is 170 Å². The van der Waals surface area contributed by atoms with Crippen LogP contribution in [0.5, 0.6) is 0 Å². The SMILES string of the molecule is CN(C(=O)CN1CCOCC1)[C@H]1C[C@H]2CCN(c3ncc(Cl)cc3F)C[C@H]2C1. The van der Waals surface area contributed by atoms with Crippen molar-refractivity contribution in [3.05, 3.63) is 23.1 Å². The van der Waals surface area contributed by atoms with E-state index in [1.54, 1.807) is 0 Å². The molecule has 0 unspecified atom stereocenters. The zero-order valence-electron chi connectivity index (χ0n) is 16.3. The lowest BCUT2D eigenvalue weighted by molar-refractivity contribution is -0.134. The third-order valence-corrected chi connectivity index (χ3v) is 6.74. The molecular weight excluding hydrogens is 383 g/mol. The molecule has 0 spiro atoms. The van der Waals surface area contributed by atoms with Crippen molar-refractivity contribution in [1.82, 2.24) is 14.8 Å². The molecule has 1 saturated carbocycles. The fourth-order valence-corrected chi connectivity index (χ4v) is 5.01. The summed E-state index contributed by atoms with van der Waals surface area (Å²) in [5, 5.41) is 0.317. The van der Waals surface area contributed by atoms with Crippen LogP contribution in [-0.4, -0.2) is 79.7 Å². The van der Waals surface area contributed by atoms with Gasteiger partial charge in [0.15, 0.2) is 11.6 Å². The van der Waals surface area contributed by atoms with Gasteiger partial charge < -0.3 is 14.5 Å². The number of nitrogens with zero attached hydrogens (tertiary/aromatic N) is 4. The predicted octanol–water partition coefficient (Wildman–Crippen LogP) is 2.27. The molecule has 8 heteroatoms. The monoisotopic (exact) mass is 410 g/mol. The molecule has 1 amide bonds. The molecule has 1 aromatic rings. The van der Waals surface area contributed by atoms with Gasteiger partial charge in [0, 0.05) is 45.5 Å². The first-order valence-corrected chi connectivity index (χ1v) is 10.5. The molecule has 1 aromatic heterocycles. The molecule has 154 valence electrons. The lowest BCUT2D eigenvalue weighted by Gasteiger charge is -2.35. The van der Waals surface area contributed by atoms with E-state index in [9.17, 15) is 9.18 Å². The van der Waals surface area contributed by atoms with Gasteiger partial charge in [0.05, 0.1) is 24.8 Å². The van der Waals surface area contributed by atoms with Gasteiger partial charge in [0.2, 0.25) is 5.91 Å². The highest BCUT2D eigenvalue weighted by Crippen LogP contribution is 2.41. The van der Waals surface area contributed by atoms with E-state index in [0.29, 0.717) is 42.4 Å². The van der Waals surface area contributed by atoms with Crippen LogP contribution in [0.15, 0.2) is 12.3 Å². The second-order valence-electron chi connectivity index (χ2n) is 8.23. The number of amides is 1. The molecule has 2 aliphatic heterocycles. The van der Waals surface area contributed by atoms with Gasteiger partial charge in [-0.1, -0.05) is 11.6 Å². The lowest BCUT2D eigenvalue weighted by Crippen LogP contribution is -2.46. The van der Waals surface area contributed by atoms with Gasteiger partial charge in [-0.3, -0.25) is 9.69 Å². The summed E-state index contributed by atoms with van der Waals surface area (Å²) >= 11 is 5.83. The Balaban J connectivity index is 1.34. The second-order valence-corrected chi connectivity index (χ2v) is 8.67. The van der Waals surface area contributed by atoms with Crippen LogP contribution in [-0.2, 0) is 9.53 Å². The van der Waals surface area contributed by atoms with Crippen LogP contribution < -0.4 is 4.90 Å². The summed E-state index contributed by atoms with van der Waals surface area (Å²) in [5.41, 5.74) is 0. The van der Waals surface area contributed by atoms with Gasteiger partial charge in [-0.25, -0.2) is 9.37 Å². The molecule has 0 aromatic carbocycles. The number of piperidine rings is 1. The average molecular weight is 411 g/mol. The van der Waals surface area contributed by atoms with Crippen LogP contribution in [0.3, 0.4) is 0 Å². The normalized spacial score (nSPS) is 28.2. The highest BCUT2D eigenvalue weighted by Gasteiger charge is 2.41. The average Bonchev–Trinajstić information content (AvgIpc) is 3.11. The fraction of sp³-hybridized carbons (Fsp3) is 0.700. The third-order valence-electron chi connectivity index (χ3n) is 6.53. The van der Waals surface area contributed by atoms with Gasteiger partial charge in [-0.2, -0.15) is 0 Å². The molecule has 3 heterocycles. The van der Waals surface area contributed by atoms with Crippen molar-refractivity contribution in [3.63, 3.8) is 0 Å². The van der Waals surface area contributed by atoms with E-state index >= 15 is 0 Å². The number of rotatable bonds is 4. The Kier molecular flexibility index (Phi) is 6.04. The predicted molar refractivity (Wildman–Crippen MR) is 106 cm³/mol. The van der Waals surface area contributed by atoms with Gasteiger partial charge in [-0.05, 0) is 37.2 Å². The maximum atomic E-state index is 14.3. The number of fused-ring (bicyclic) bond motifs is 1.